The lowest BCUT2D eigenvalue weighted by Crippen LogP contribution is -1.98. The van der Waals surface area contributed by atoms with Crippen LogP contribution in [0.4, 0.5) is 8.78 Å². The predicted octanol–water partition coefficient (Wildman–Crippen LogP) is 4.38. The van der Waals surface area contributed by atoms with Gasteiger partial charge in [-0.1, -0.05) is 24.3 Å². The molecule has 4 nitrogen and oxygen atoms in total. The van der Waals surface area contributed by atoms with Gasteiger partial charge < -0.3 is 10.2 Å². The molecule has 0 atom stereocenters. The second-order valence-corrected chi connectivity index (χ2v) is 5.61. The average Bonchev–Trinajstić information content (AvgIpc) is 3.04. The van der Waals surface area contributed by atoms with Crippen molar-refractivity contribution < 1.29 is 19.0 Å². The van der Waals surface area contributed by atoms with Crippen LogP contribution in [0.3, 0.4) is 0 Å². The minimum absolute atomic E-state index is 0.00371. The monoisotopic (exact) mass is 338 g/mol. The molecule has 0 spiro atoms. The Hall–Kier alpha value is -3.41. The summed E-state index contributed by atoms with van der Waals surface area (Å²) in [6, 6.07) is 14.9. The zero-order chi connectivity index (χ0) is 17.6. The number of rotatable bonds is 2. The molecular weight excluding hydrogens is 326 g/mol. The molecule has 1 aromatic heterocycles. The van der Waals surface area contributed by atoms with Crippen LogP contribution < -0.4 is 0 Å². The maximum atomic E-state index is 14.2. The molecule has 0 fully saturated rings. The SMILES string of the molecule is Oc1cccc(-c2ccc(-n3ncc4cc(F)c(O)c(F)c43)cc2)c1. The average molecular weight is 338 g/mol. The van der Waals surface area contributed by atoms with E-state index in [1.807, 2.05) is 6.07 Å². The summed E-state index contributed by atoms with van der Waals surface area (Å²) in [4.78, 5) is 0. The van der Waals surface area contributed by atoms with Crippen molar-refractivity contribution in [2.45, 2.75) is 0 Å². The number of fused-ring (bicyclic) bond motifs is 1. The molecule has 0 aliphatic heterocycles. The Morgan fingerprint density at radius 3 is 2.36 bits per heavy atom. The zero-order valence-electron chi connectivity index (χ0n) is 12.8. The van der Waals surface area contributed by atoms with Crippen LogP contribution in [0.2, 0.25) is 0 Å². The minimum atomic E-state index is -1.05. The number of phenols is 2. The molecular formula is C19H12F2N2O2. The van der Waals surface area contributed by atoms with Gasteiger partial charge in [0.25, 0.3) is 0 Å². The fourth-order valence-corrected chi connectivity index (χ4v) is 2.78. The van der Waals surface area contributed by atoms with Gasteiger partial charge in [0.1, 0.15) is 11.3 Å². The fourth-order valence-electron chi connectivity index (χ4n) is 2.78. The molecule has 4 rings (SSSR count). The summed E-state index contributed by atoms with van der Waals surface area (Å²) in [5.41, 5.74) is 2.26. The maximum Gasteiger partial charge on any atom is 0.194 e. The Balaban J connectivity index is 1.81. The molecule has 0 radical (unpaired) electrons. The zero-order valence-corrected chi connectivity index (χ0v) is 12.8. The van der Waals surface area contributed by atoms with Gasteiger partial charge in [0, 0.05) is 5.39 Å². The minimum Gasteiger partial charge on any atom is -0.508 e. The standard InChI is InChI=1S/C19H12F2N2O2/c20-16-9-13-10-22-23(18(13)17(21)19(16)25)14-6-4-11(5-7-14)12-2-1-3-15(24)8-12/h1-10,24-25H. The van der Waals surface area contributed by atoms with E-state index in [0.717, 1.165) is 17.2 Å². The quantitative estimate of drug-likeness (QED) is 0.570. The van der Waals surface area contributed by atoms with Crippen molar-refractivity contribution in [2.24, 2.45) is 0 Å². The molecule has 0 aliphatic carbocycles. The fraction of sp³-hybridized carbons (Fsp3) is 0. The first kappa shape index (κ1) is 15.1. The molecule has 0 amide bonds. The van der Waals surface area contributed by atoms with Gasteiger partial charge in [-0.25, -0.2) is 13.5 Å². The highest BCUT2D eigenvalue weighted by Gasteiger charge is 2.17. The molecule has 1 heterocycles. The van der Waals surface area contributed by atoms with E-state index in [2.05, 4.69) is 5.10 Å². The number of hydrogen-bond acceptors (Lipinski definition) is 3. The first-order valence-corrected chi connectivity index (χ1v) is 7.49. The highest BCUT2D eigenvalue weighted by molar-refractivity contribution is 5.83. The number of aromatic nitrogens is 2. The smallest absolute Gasteiger partial charge is 0.194 e. The van der Waals surface area contributed by atoms with Crippen molar-refractivity contribution in [1.82, 2.24) is 9.78 Å². The van der Waals surface area contributed by atoms with Crippen LogP contribution in [0.1, 0.15) is 0 Å². The van der Waals surface area contributed by atoms with E-state index in [1.165, 1.54) is 10.9 Å². The van der Waals surface area contributed by atoms with Crippen molar-refractivity contribution in [3.05, 3.63) is 72.4 Å². The Morgan fingerprint density at radius 2 is 1.64 bits per heavy atom. The third kappa shape index (κ3) is 2.48. The Labute approximate surface area is 141 Å². The molecule has 2 N–H and O–H groups in total. The largest absolute Gasteiger partial charge is 0.508 e. The van der Waals surface area contributed by atoms with Crippen LogP contribution in [0, 0.1) is 11.6 Å². The number of hydrogen-bond donors (Lipinski definition) is 2. The summed E-state index contributed by atoms with van der Waals surface area (Å²) in [6.45, 7) is 0. The Morgan fingerprint density at radius 1 is 0.880 bits per heavy atom. The third-order valence-electron chi connectivity index (χ3n) is 4.01. The number of phenolic OH excluding ortho intramolecular Hbond substituents is 2. The van der Waals surface area contributed by atoms with Gasteiger partial charge in [0.05, 0.1) is 11.9 Å². The maximum absolute atomic E-state index is 14.2. The lowest BCUT2D eigenvalue weighted by atomic mass is 10.1. The van der Waals surface area contributed by atoms with Gasteiger partial charge in [-0.2, -0.15) is 5.10 Å². The van der Waals surface area contributed by atoms with E-state index >= 15 is 0 Å². The molecule has 124 valence electrons. The van der Waals surface area contributed by atoms with Crippen molar-refractivity contribution in [2.75, 3.05) is 0 Å². The molecule has 0 bridgehead atoms. The summed E-state index contributed by atoms with van der Waals surface area (Å²) >= 11 is 0. The van der Waals surface area contributed by atoms with Gasteiger partial charge >= 0.3 is 0 Å². The second kappa shape index (κ2) is 5.59. The van der Waals surface area contributed by atoms with Crippen LogP contribution in [-0.4, -0.2) is 20.0 Å². The molecule has 0 aliphatic rings. The van der Waals surface area contributed by atoms with Gasteiger partial charge in [-0.15, -0.1) is 0 Å². The predicted molar refractivity (Wildman–Crippen MR) is 89.8 cm³/mol. The van der Waals surface area contributed by atoms with Gasteiger partial charge in [-0.3, -0.25) is 0 Å². The van der Waals surface area contributed by atoms with Crippen molar-refractivity contribution >= 4 is 10.9 Å². The highest BCUT2D eigenvalue weighted by atomic mass is 19.1. The normalized spacial score (nSPS) is 11.1. The summed E-state index contributed by atoms with van der Waals surface area (Å²) in [5.74, 6) is -2.93. The first-order valence-electron chi connectivity index (χ1n) is 7.49. The van der Waals surface area contributed by atoms with E-state index in [-0.39, 0.29) is 16.7 Å². The van der Waals surface area contributed by atoms with Crippen LogP contribution in [0.5, 0.6) is 11.5 Å². The van der Waals surface area contributed by atoms with Crippen LogP contribution in [0.25, 0.3) is 27.7 Å². The molecule has 4 aromatic rings. The first-order chi connectivity index (χ1) is 12.0. The lowest BCUT2D eigenvalue weighted by molar-refractivity contribution is 0.399. The van der Waals surface area contributed by atoms with E-state index in [1.54, 1.807) is 42.5 Å². The number of nitrogens with zero attached hydrogens (tertiary/aromatic N) is 2. The highest BCUT2D eigenvalue weighted by Crippen LogP contribution is 2.31. The van der Waals surface area contributed by atoms with Gasteiger partial charge in [0.2, 0.25) is 0 Å². The van der Waals surface area contributed by atoms with E-state index in [4.69, 9.17) is 0 Å². The summed E-state index contributed by atoms with van der Waals surface area (Å²) in [5, 5.41) is 23.4. The summed E-state index contributed by atoms with van der Waals surface area (Å²) in [6.07, 6.45) is 1.34. The topological polar surface area (TPSA) is 58.3 Å². The molecule has 0 unspecified atom stereocenters. The number of benzene rings is 3. The van der Waals surface area contributed by atoms with Crippen LogP contribution in [0.15, 0.2) is 60.8 Å². The molecule has 3 aromatic carbocycles. The summed E-state index contributed by atoms with van der Waals surface area (Å²) in [7, 11) is 0. The van der Waals surface area contributed by atoms with E-state index < -0.39 is 17.4 Å². The molecule has 0 saturated heterocycles. The van der Waals surface area contributed by atoms with Gasteiger partial charge in [-0.05, 0) is 41.5 Å². The van der Waals surface area contributed by atoms with Crippen molar-refractivity contribution in [3.63, 3.8) is 0 Å². The Kier molecular flexibility index (Phi) is 3.39. The lowest BCUT2D eigenvalue weighted by Gasteiger charge is -2.08. The van der Waals surface area contributed by atoms with Crippen molar-refractivity contribution in [1.29, 1.82) is 0 Å². The van der Waals surface area contributed by atoms with Crippen LogP contribution >= 0.6 is 0 Å². The second-order valence-electron chi connectivity index (χ2n) is 5.61. The third-order valence-corrected chi connectivity index (χ3v) is 4.01. The molecule has 25 heavy (non-hydrogen) atoms. The molecule has 6 heteroatoms. The van der Waals surface area contributed by atoms with Crippen LogP contribution in [-0.2, 0) is 0 Å². The van der Waals surface area contributed by atoms with E-state index in [9.17, 15) is 19.0 Å². The molecule has 0 saturated carbocycles. The Bertz CT molecular complexity index is 1090. The number of aromatic hydroxyl groups is 2. The summed E-state index contributed by atoms with van der Waals surface area (Å²) < 4.78 is 29.0. The van der Waals surface area contributed by atoms with Gasteiger partial charge in [0.15, 0.2) is 17.4 Å². The van der Waals surface area contributed by atoms with E-state index in [0.29, 0.717) is 5.69 Å². The van der Waals surface area contributed by atoms with Crippen molar-refractivity contribution in [3.8, 4) is 28.3 Å². The number of halogens is 2.